The van der Waals surface area contributed by atoms with Gasteiger partial charge in [-0.15, -0.1) is 0 Å². The first-order chi connectivity index (χ1) is 25.3. The van der Waals surface area contributed by atoms with Crippen molar-refractivity contribution in [2.45, 2.75) is 0 Å². The maximum Gasteiger partial charge on any atom is 0.240 e. The van der Waals surface area contributed by atoms with Gasteiger partial charge in [0.1, 0.15) is 0 Å². The Morgan fingerprint density at radius 1 is 0.294 bits per heavy atom. The molecule has 0 spiro atoms. The van der Waals surface area contributed by atoms with E-state index in [-0.39, 0.29) is 0 Å². The molecule has 0 bridgehead atoms. The summed E-state index contributed by atoms with van der Waals surface area (Å²) in [6, 6.07) is 59.6. The molecule has 0 aliphatic rings. The number of hydrogen-bond donors (Lipinski definition) is 0. The summed E-state index contributed by atoms with van der Waals surface area (Å²) in [5.41, 5.74) is 8.56. The summed E-state index contributed by atoms with van der Waals surface area (Å²) in [7, 11) is 0. The van der Waals surface area contributed by atoms with Crippen molar-refractivity contribution in [2.24, 2.45) is 0 Å². The summed E-state index contributed by atoms with van der Waals surface area (Å²) in [6.07, 6.45) is 0. The minimum Gasteiger partial charge on any atom is -0.309 e. The van der Waals surface area contributed by atoms with Crippen molar-refractivity contribution >= 4 is 65.4 Å². The molecule has 0 unspecified atom stereocenters. The number of rotatable bonds is 4. The Labute approximate surface area is 292 Å². The highest BCUT2D eigenvalue weighted by Gasteiger charge is 2.21. The molecule has 0 aliphatic heterocycles. The normalized spacial score (nSPS) is 11.9. The van der Waals surface area contributed by atoms with E-state index in [0.717, 1.165) is 54.9 Å². The summed E-state index contributed by atoms with van der Waals surface area (Å²) in [4.78, 5) is 15.6. The molecule has 0 amide bonds. The van der Waals surface area contributed by atoms with E-state index in [1.165, 1.54) is 21.8 Å². The van der Waals surface area contributed by atoms with Gasteiger partial charge < -0.3 is 4.57 Å². The third kappa shape index (κ3) is 4.07. The predicted molar refractivity (Wildman–Crippen MR) is 208 cm³/mol. The lowest BCUT2D eigenvalue weighted by Gasteiger charge is -2.13. The van der Waals surface area contributed by atoms with Crippen LogP contribution in [-0.4, -0.2) is 28.7 Å². The zero-order chi connectivity index (χ0) is 33.5. The monoisotopic (exact) mass is 652 g/mol. The van der Waals surface area contributed by atoms with Crippen LogP contribution in [0.4, 0.5) is 0 Å². The van der Waals surface area contributed by atoms with Gasteiger partial charge in [0.15, 0.2) is 5.82 Å². The maximum absolute atomic E-state index is 5.30. The van der Waals surface area contributed by atoms with Gasteiger partial charge in [-0.3, -0.25) is 9.13 Å². The zero-order valence-corrected chi connectivity index (χ0v) is 27.3. The van der Waals surface area contributed by atoms with Gasteiger partial charge >= 0.3 is 0 Å². The van der Waals surface area contributed by atoms with Gasteiger partial charge in [0, 0.05) is 43.6 Å². The van der Waals surface area contributed by atoms with E-state index in [0.29, 0.717) is 17.7 Å². The second kappa shape index (κ2) is 10.7. The van der Waals surface area contributed by atoms with Crippen LogP contribution in [0.25, 0.3) is 94.4 Å². The average molecular weight is 653 g/mol. The Kier molecular flexibility index (Phi) is 5.86. The number of hydrogen-bond acceptors (Lipinski definition) is 3. The zero-order valence-electron chi connectivity index (χ0n) is 27.3. The molecule has 51 heavy (non-hydrogen) atoms. The van der Waals surface area contributed by atoms with Gasteiger partial charge in [0.25, 0.3) is 0 Å². The fraction of sp³-hybridized carbons (Fsp3) is 0. The van der Waals surface area contributed by atoms with E-state index >= 15 is 0 Å². The van der Waals surface area contributed by atoms with Gasteiger partial charge in [-0.1, -0.05) is 121 Å². The van der Waals surface area contributed by atoms with E-state index in [9.17, 15) is 0 Å². The molecule has 0 atom stereocenters. The van der Waals surface area contributed by atoms with E-state index in [4.69, 9.17) is 15.0 Å². The summed E-state index contributed by atoms with van der Waals surface area (Å²) in [5, 5.41) is 7.07. The minimum absolute atomic E-state index is 0.566. The summed E-state index contributed by atoms with van der Waals surface area (Å²) >= 11 is 0. The fourth-order valence-corrected chi connectivity index (χ4v) is 7.92. The molecule has 11 rings (SSSR count). The molecular formula is C45H28N6. The lowest BCUT2D eigenvalue weighted by Crippen LogP contribution is -2.10. The molecule has 6 nitrogen and oxygen atoms in total. The number of fused-ring (bicyclic) bond motifs is 9. The Hall–Kier alpha value is -7.05. The summed E-state index contributed by atoms with van der Waals surface area (Å²) in [6.45, 7) is 0. The van der Waals surface area contributed by atoms with Gasteiger partial charge in [-0.25, -0.2) is 0 Å². The van der Waals surface area contributed by atoms with Crippen LogP contribution >= 0.6 is 0 Å². The highest BCUT2D eigenvalue weighted by atomic mass is 15.3. The predicted octanol–water partition coefficient (Wildman–Crippen LogP) is 10.8. The quantitative estimate of drug-likeness (QED) is 0.190. The van der Waals surface area contributed by atoms with Crippen LogP contribution in [0.15, 0.2) is 170 Å². The van der Waals surface area contributed by atoms with E-state index in [1.54, 1.807) is 0 Å². The maximum atomic E-state index is 5.30. The number of nitrogens with zero attached hydrogens (tertiary/aromatic N) is 6. The minimum atomic E-state index is 0.566. The molecular weight excluding hydrogens is 625 g/mol. The van der Waals surface area contributed by atoms with Crippen molar-refractivity contribution in [2.75, 3.05) is 0 Å². The van der Waals surface area contributed by atoms with Crippen LogP contribution in [0.5, 0.6) is 0 Å². The van der Waals surface area contributed by atoms with E-state index in [1.807, 2.05) is 18.2 Å². The Morgan fingerprint density at radius 3 is 1.14 bits per heavy atom. The van der Waals surface area contributed by atoms with Crippen molar-refractivity contribution in [3.05, 3.63) is 170 Å². The molecule has 238 valence electrons. The molecule has 11 aromatic rings. The van der Waals surface area contributed by atoms with Crippen LogP contribution in [0.2, 0.25) is 0 Å². The van der Waals surface area contributed by atoms with Crippen LogP contribution in [-0.2, 0) is 0 Å². The largest absolute Gasteiger partial charge is 0.309 e. The molecule has 0 saturated heterocycles. The smallest absolute Gasteiger partial charge is 0.240 e. The van der Waals surface area contributed by atoms with Gasteiger partial charge in [-0.2, -0.15) is 15.0 Å². The number of aromatic nitrogens is 6. The first-order valence-corrected chi connectivity index (χ1v) is 17.1. The first-order valence-electron chi connectivity index (χ1n) is 17.1. The van der Waals surface area contributed by atoms with E-state index in [2.05, 4.69) is 165 Å². The average Bonchev–Trinajstić information content (AvgIpc) is 3.84. The lowest BCUT2D eigenvalue weighted by atomic mass is 10.1. The van der Waals surface area contributed by atoms with Gasteiger partial charge in [-0.05, 0) is 48.5 Å². The number of benzene rings is 7. The van der Waals surface area contributed by atoms with Crippen molar-refractivity contribution in [3.63, 3.8) is 0 Å². The van der Waals surface area contributed by atoms with Crippen molar-refractivity contribution in [3.8, 4) is 29.0 Å². The third-order valence-electron chi connectivity index (χ3n) is 10.1. The molecule has 0 aliphatic carbocycles. The summed E-state index contributed by atoms with van der Waals surface area (Å²) < 4.78 is 6.72. The molecule has 6 heteroatoms. The van der Waals surface area contributed by atoms with Crippen molar-refractivity contribution in [1.29, 1.82) is 0 Å². The van der Waals surface area contributed by atoms with Crippen LogP contribution in [0.1, 0.15) is 0 Å². The highest BCUT2D eigenvalue weighted by molar-refractivity contribution is 6.12. The molecule has 4 aromatic heterocycles. The fourth-order valence-electron chi connectivity index (χ4n) is 7.92. The van der Waals surface area contributed by atoms with Crippen molar-refractivity contribution in [1.82, 2.24) is 28.7 Å². The van der Waals surface area contributed by atoms with Crippen LogP contribution in [0.3, 0.4) is 0 Å². The standard InChI is InChI=1S/C45H28N6/c1-2-14-29(15-3-1)43-46-44(50-39-23-11-6-18-33(39)34-19-7-12-24-40(34)50)48-45(47-43)51-41-25-13-8-20-35(41)36-28-30(26-27-42(36)51)49-37-21-9-4-16-31(37)32-17-5-10-22-38(32)49/h1-28H. The second-order valence-corrected chi connectivity index (χ2v) is 12.9. The van der Waals surface area contributed by atoms with Gasteiger partial charge in [0.2, 0.25) is 11.9 Å². The molecule has 4 heterocycles. The molecule has 7 aromatic carbocycles. The highest BCUT2D eigenvalue weighted by Crippen LogP contribution is 2.37. The summed E-state index contributed by atoms with van der Waals surface area (Å²) in [5.74, 6) is 1.76. The molecule has 0 fully saturated rings. The second-order valence-electron chi connectivity index (χ2n) is 12.9. The van der Waals surface area contributed by atoms with E-state index < -0.39 is 0 Å². The SMILES string of the molecule is c1ccc(-c2nc(-n3c4ccccc4c4ccccc43)nc(-n3c4ccccc4c4cc(-n5c6ccccc6c6ccccc65)ccc43)n2)cc1. The molecule has 0 N–H and O–H groups in total. The Balaban J connectivity index is 1.21. The molecule has 0 radical (unpaired) electrons. The Morgan fingerprint density at radius 2 is 0.667 bits per heavy atom. The topological polar surface area (TPSA) is 53.5 Å². The van der Waals surface area contributed by atoms with Gasteiger partial charge in [0.05, 0.1) is 33.1 Å². The van der Waals surface area contributed by atoms with Crippen LogP contribution < -0.4 is 0 Å². The first kappa shape index (κ1) is 27.9. The lowest BCUT2D eigenvalue weighted by molar-refractivity contribution is 0.893. The molecule has 0 saturated carbocycles. The Bertz CT molecular complexity index is 3040. The number of para-hydroxylation sites is 5. The third-order valence-corrected chi connectivity index (χ3v) is 10.1. The van der Waals surface area contributed by atoms with Crippen LogP contribution in [0, 0.1) is 0 Å². The van der Waals surface area contributed by atoms with Crippen molar-refractivity contribution < 1.29 is 0 Å².